The van der Waals surface area contributed by atoms with Crippen LogP contribution in [0.3, 0.4) is 0 Å². The average Bonchev–Trinajstić information content (AvgIpc) is 3.74. The summed E-state index contributed by atoms with van der Waals surface area (Å²) in [7, 11) is 0. The molecule has 8 aromatic rings. The monoisotopic (exact) mass is 646 g/mol. The molecule has 6 aromatic carbocycles. The van der Waals surface area contributed by atoms with Gasteiger partial charge in [-0.1, -0.05) is 109 Å². The van der Waals surface area contributed by atoms with E-state index in [1.54, 1.807) is 0 Å². The number of rotatable bonds is 5. The van der Waals surface area contributed by atoms with Crippen molar-refractivity contribution in [2.75, 3.05) is 0 Å². The third kappa shape index (κ3) is 4.77. The Morgan fingerprint density at radius 2 is 1.42 bits per heavy atom. The summed E-state index contributed by atoms with van der Waals surface area (Å²) in [5, 5.41) is 8.29. The van der Waals surface area contributed by atoms with Crippen LogP contribution >= 0.6 is 0 Å². The van der Waals surface area contributed by atoms with E-state index in [4.69, 9.17) is 14.4 Å². The van der Waals surface area contributed by atoms with E-state index in [1.165, 1.54) is 32.9 Å². The molecular formula is C45H34N4O. The molecule has 10 rings (SSSR count). The molecule has 0 saturated carbocycles. The summed E-state index contributed by atoms with van der Waals surface area (Å²) in [4.78, 5) is 10.3. The van der Waals surface area contributed by atoms with Crippen molar-refractivity contribution >= 4 is 55.4 Å². The Bertz CT molecular complexity index is 2660. The molecule has 50 heavy (non-hydrogen) atoms. The van der Waals surface area contributed by atoms with Crippen molar-refractivity contribution in [3.8, 4) is 16.8 Å². The fourth-order valence-electron chi connectivity index (χ4n) is 7.83. The van der Waals surface area contributed by atoms with Gasteiger partial charge < -0.3 is 14.3 Å². The van der Waals surface area contributed by atoms with Crippen LogP contribution in [0.5, 0.6) is 0 Å². The molecule has 2 unspecified atom stereocenters. The van der Waals surface area contributed by atoms with Gasteiger partial charge in [-0.25, -0.2) is 9.98 Å². The third-order valence-electron chi connectivity index (χ3n) is 10.3. The Morgan fingerprint density at radius 1 is 0.620 bits per heavy atom. The fourth-order valence-corrected chi connectivity index (χ4v) is 7.83. The van der Waals surface area contributed by atoms with Gasteiger partial charge in [0, 0.05) is 27.6 Å². The fraction of sp³-hybridized carbons (Fsp3) is 0.111. The smallest absolute Gasteiger partial charge is 0.159 e. The zero-order valence-corrected chi connectivity index (χ0v) is 27.5. The Kier molecular flexibility index (Phi) is 6.76. The Hall–Kier alpha value is -6.20. The SMILES string of the molecule is C1=CCC(C2=NC(c3ccc4c(c3)oc3cccc(-n5c6ccccc6c6cc(-c7ccccc7)ccc65)c34)=NC(c3ccccc3)N2)CC1. The molecule has 2 atom stereocenters. The van der Waals surface area contributed by atoms with Crippen LogP contribution in [0.25, 0.3) is 60.6 Å². The molecule has 0 bridgehead atoms. The lowest BCUT2D eigenvalue weighted by Gasteiger charge is -2.28. The van der Waals surface area contributed by atoms with Crippen LogP contribution in [0, 0.1) is 5.92 Å². The van der Waals surface area contributed by atoms with Crippen molar-refractivity contribution in [1.82, 2.24) is 9.88 Å². The van der Waals surface area contributed by atoms with Gasteiger partial charge in [0.1, 0.15) is 23.2 Å². The van der Waals surface area contributed by atoms with Crippen molar-refractivity contribution in [2.45, 2.75) is 25.4 Å². The van der Waals surface area contributed by atoms with Crippen LogP contribution in [-0.4, -0.2) is 16.2 Å². The summed E-state index contributed by atoms with van der Waals surface area (Å²) in [5.41, 5.74) is 9.62. The summed E-state index contributed by atoms with van der Waals surface area (Å²) >= 11 is 0. The minimum absolute atomic E-state index is 0.194. The van der Waals surface area contributed by atoms with Crippen LogP contribution in [0.15, 0.2) is 166 Å². The number of fused-ring (bicyclic) bond motifs is 6. The number of nitrogens with zero attached hydrogens (tertiary/aromatic N) is 3. The first kappa shape index (κ1) is 28.8. The molecule has 3 heterocycles. The molecule has 1 N–H and O–H groups in total. The van der Waals surface area contributed by atoms with Crippen molar-refractivity contribution in [2.24, 2.45) is 15.9 Å². The standard InChI is InChI=1S/C45H34N4O/c1-4-13-29(14-5-1)32-24-26-38-36(27-32)34-19-10-11-20-37(34)49(38)39-21-12-22-40-42(39)35-25-23-33(28-41(35)50-40)45-47-43(30-15-6-2-7-16-30)46-44(48-45)31-17-8-3-9-18-31/h1-8,10-16,19-28,31,43H,9,17-18H2,(H,46,47,48). The van der Waals surface area contributed by atoms with E-state index in [1.807, 2.05) is 6.07 Å². The third-order valence-corrected chi connectivity index (χ3v) is 10.3. The lowest BCUT2D eigenvalue weighted by molar-refractivity contribution is 0.564. The van der Waals surface area contributed by atoms with Crippen LogP contribution in [-0.2, 0) is 0 Å². The summed E-state index contributed by atoms with van der Waals surface area (Å²) in [6, 6.07) is 49.4. The van der Waals surface area contributed by atoms with Gasteiger partial charge in [-0.2, -0.15) is 0 Å². The summed E-state index contributed by atoms with van der Waals surface area (Å²) in [6.07, 6.45) is 7.50. The van der Waals surface area contributed by atoms with Gasteiger partial charge in [0.15, 0.2) is 5.84 Å². The zero-order valence-electron chi connectivity index (χ0n) is 27.5. The van der Waals surface area contributed by atoms with Gasteiger partial charge in [-0.15, -0.1) is 0 Å². The number of hydrogen-bond acceptors (Lipinski definition) is 4. The van der Waals surface area contributed by atoms with Crippen LogP contribution in [0.4, 0.5) is 0 Å². The van der Waals surface area contributed by atoms with Gasteiger partial charge in [0.05, 0.1) is 22.1 Å². The first-order valence-electron chi connectivity index (χ1n) is 17.5. The van der Waals surface area contributed by atoms with Crippen LogP contribution in [0.1, 0.15) is 36.6 Å². The molecule has 0 fully saturated rings. The number of benzene rings is 6. The minimum atomic E-state index is -0.194. The Labute approximate surface area is 289 Å². The van der Waals surface area contributed by atoms with Crippen molar-refractivity contribution in [1.29, 1.82) is 0 Å². The highest BCUT2D eigenvalue weighted by molar-refractivity contribution is 6.16. The molecule has 2 aromatic heterocycles. The predicted octanol–water partition coefficient (Wildman–Crippen LogP) is 11.2. The van der Waals surface area contributed by atoms with E-state index in [-0.39, 0.29) is 6.17 Å². The molecule has 0 amide bonds. The number of furan rings is 1. The number of nitrogens with one attached hydrogen (secondary N) is 1. The van der Waals surface area contributed by atoms with Gasteiger partial charge in [0.25, 0.3) is 0 Å². The second kappa shape index (κ2) is 11.7. The van der Waals surface area contributed by atoms with Crippen molar-refractivity contribution in [3.63, 3.8) is 0 Å². The van der Waals surface area contributed by atoms with Crippen LogP contribution in [0.2, 0.25) is 0 Å². The normalized spacial score (nSPS) is 17.7. The second-order valence-corrected chi connectivity index (χ2v) is 13.3. The zero-order chi connectivity index (χ0) is 33.0. The summed E-state index contributed by atoms with van der Waals surface area (Å²) in [5.74, 6) is 2.10. The molecule has 5 heteroatoms. The molecule has 0 radical (unpaired) electrons. The minimum Gasteiger partial charge on any atom is -0.456 e. The second-order valence-electron chi connectivity index (χ2n) is 13.3. The van der Waals surface area contributed by atoms with E-state index in [0.29, 0.717) is 5.92 Å². The highest BCUT2D eigenvalue weighted by atomic mass is 16.3. The van der Waals surface area contributed by atoms with Gasteiger partial charge in [0.2, 0.25) is 0 Å². The van der Waals surface area contributed by atoms with E-state index < -0.39 is 0 Å². The molecule has 0 spiro atoms. The number of aromatic nitrogens is 1. The molecular weight excluding hydrogens is 613 g/mol. The highest BCUT2D eigenvalue weighted by Gasteiger charge is 2.26. The molecule has 1 aliphatic carbocycles. The molecule has 1 aliphatic heterocycles. The van der Waals surface area contributed by atoms with Crippen molar-refractivity contribution < 1.29 is 4.42 Å². The molecule has 5 nitrogen and oxygen atoms in total. The lowest BCUT2D eigenvalue weighted by Crippen LogP contribution is -2.38. The number of hydrogen-bond donors (Lipinski definition) is 1. The van der Waals surface area contributed by atoms with Crippen LogP contribution < -0.4 is 5.32 Å². The number of amidine groups is 2. The Balaban J connectivity index is 1.12. The molecule has 0 saturated heterocycles. The van der Waals surface area contributed by atoms with E-state index in [0.717, 1.165) is 69.7 Å². The average molecular weight is 647 g/mol. The summed E-state index contributed by atoms with van der Waals surface area (Å²) < 4.78 is 9.03. The maximum Gasteiger partial charge on any atom is 0.159 e. The largest absolute Gasteiger partial charge is 0.456 e. The molecule has 2 aliphatic rings. The number of allylic oxidation sites excluding steroid dienone is 2. The van der Waals surface area contributed by atoms with E-state index in [9.17, 15) is 0 Å². The Morgan fingerprint density at radius 3 is 2.28 bits per heavy atom. The first-order valence-corrected chi connectivity index (χ1v) is 17.5. The maximum absolute atomic E-state index is 6.64. The lowest BCUT2D eigenvalue weighted by atomic mass is 9.92. The van der Waals surface area contributed by atoms with Gasteiger partial charge in [-0.3, -0.25) is 0 Å². The summed E-state index contributed by atoms with van der Waals surface area (Å²) in [6.45, 7) is 0. The maximum atomic E-state index is 6.64. The highest BCUT2D eigenvalue weighted by Crippen LogP contribution is 2.40. The number of para-hydroxylation sites is 1. The first-order chi connectivity index (χ1) is 24.8. The van der Waals surface area contributed by atoms with Gasteiger partial charge in [-0.05, 0) is 78.4 Å². The van der Waals surface area contributed by atoms with E-state index in [2.05, 4.69) is 155 Å². The van der Waals surface area contributed by atoms with Gasteiger partial charge >= 0.3 is 0 Å². The number of aliphatic imine (C=N–C) groups is 2. The van der Waals surface area contributed by atoms with Crippen molar-refractivity contribution in [3.05, 3.63) is 163 Å². The topological polar surface area (TPSA) is 54.8 Å². The predicted molar refractivity (Wildman–Crippen MR) is 206 cm³/mol. The van der Waals surface area contributed by atoms with E-state index >= 15 is 0 Å². The quantitative estimate of drug-likeness (QED) is 0.189. The molecule has 240 valence electrons.